The first-order chi connectivity index (χ1) is 8.61. The second kappa shape index (κ2) is 8.45. The molecule has 0 aliphatic heterocycles. The van der Waals surface area contributed by atoms with Crippen LogP contribution in [0.1, 0.15) is 23.1 Å². The summed E-state index contributed by atoms with van der Waals surface area (Å²) in [6.45, 7) is 5.90. The van der Waals surface area contributed by atoms with Crippen LogP contribution in [0.2, 0.25) is 0 Å². The molecule has 0 amide bonds. The van der Waals surface area contributed by atoms with E-state index in [1.807, 2.05) is 11.3 Å². The number of hydrogen-bond donors (Lipinski definition) is 2. The van der Waals surface area contributed by atoms with Crippen LogP contribution in [0.15, 0.2) is 12.1 Å². The number of hydrogen-bond acceptors (Lipinski definition) is 3. The van der Waals surface area contributed by atoms with E-state index in [1.165, 1.54) is 9.75 Å². The van der Waals surface area contributed by atoms with E-state index in [2.05, 4.69) is 36.6 Å². The minimum atomic E-state index is 0.352. The van der Waals surface area contributed by atoms with Gasteiger partial charge in [0.05, 0.1) is 0 Å². The Morgan fingerprint density at radius 1 is 1.50 bits per heavy atom. The van der Waals surface area contributed by atoms with Crippen LogP contribution in [0.5, 0.6) is 0 Å². The zero-order valence-corrected chi connectivity index (χ0v) is 12.9. The van der Waals surface area contributed by atoms with Gasteiger partial charge in [0.1, 0.15) is 0 Å². The number of rotatable bonds is 7. The molecule has 3 nitrogen and oxygen atoms in total. The van der Waals surface area contributed by atoms with Crippen LogP contribution in [0.4, 0.5) is 0 Å². The molecule has 102 valence electrons. The van der Waals surface area contributed by atoms with Crippen LogP contribution in [-0.2, 0) is 11.2 Å². The number of ether oxygens (including phenoxy) is 1. The Kier molecular flexibility index (Phi) is 7.23. The lowest BCUT2D eigenvalue weighted by Gasteiger charge is -2.16. The molecule has 1 aromatic heterocycles. The van der Waals surface area contributed by atoms with Crippen molar-refractivity contribution in [1.82, 2.24) is 10.6 Å². The van der Waals surface area contributed by atoms with Crippen LogP contribution < -0.4 is 10.6 Å². The largest absolute Gasteiger partial charge is 0.385 e. The van der Waals surface area contributed by atoms with Crippen molar-refractivity contribution in [2.24, 2.45) is 0 Å². The summed E-state index contributed by atoms with van der Waals surface area (Å²) >= 11 is 7.09. The Hall–Kier alpha value is -0.650. The quantitative estimate of drug-likeness (QED) is 0.596. The molecule has 1 heterocycles. The maximum Gasteiger partial charge on any atom is 0.166 e. The lowest BCUT2D eigenvalue weighted by Crippen LogP contribution is -2.41. The average Bonchev–Trinajstić information content (AvgIpc) is 2.70. The smallest absolute Gasteiger partial charge is 0.166 e. The Morgan fingerprint density at radius 2 is 2.28 bits per heavy atom. The van der Waals surface area contributed by atoms with Gasteiger partial charge in [0.2, 0.25) is 0 Å². The molecule has 18 heavy (non-hydrogen) atoms. The molecule has 1 unspecified atom stereocenters. The van der Waals surface area contributed by atoms with Gasteiger partial charge >= 0.3 is 0 Å². The summed E-state index contributed by atoms with van der Waals surface area (Å²) in [6, 6.07) is 4.70. The van der Waals surface area contributed by atoms with Crippen molar-refractivity contribution in [1.29, 1.82) is 0 Å². The topological polar surface area (TPSA) is 33.3 Å². The third-order valence-electron chi connectivity index (χ3n) is 2.49. The molecule has 0 bridgehead atoms. The number of thiocarbonyl (C=S) groups is 1. The number of thiophene rings is 1. The number of methoxy groups -OCH3 is 1. The first kappa shape index (κ1) is 15.4. The second-order valence-electron chi connectivity index (χ2n) is 4.36. The van der Waals surface area contributed by atoms with E-state index in [0.29, 0.717) is 6.04 Å². The molecule has 1 atom stereocenters. The van der Waals surface area contributed by atoms with Gasteiger partial charge in [0.15, 0.2) is 5.11 Å². The molecule has 0 aliphatic carbocycles. The van der Waals surface area contributed by atoms with E-state index in [1.54, 1.807) is 7.11 Å². The van der Waals surface area contributed by atoms with Crippen LogP contribution in [0.25, 0.3) is 0 Å². The summed E-state index contributed by atoms with van der Waals surface area (Å²) in [7, 11) is 1.71. The molecule has 1 aromatic rings. The van der Waals surface area contributed by atoms with Crippen LogP contribution in [0.3, 0.4) is 0 Å². The Labute approximate surface area is 119 Å². The van der Waals surface area contributed by atoms with Crippen molar-refractivity contribution in [2.75, 3.05) is 20.3 Å². The molecule has 0 radical (unpaired) electrons. The summed E-state index contributed by atoms with van der Waals surface area (Å²) in [6.07, 6.45) is 1.98. The van der Waals surface area contributed by atoms with Gasteiger partial charge in [-0.2, -0.15) is 0 Å². The van der Waals surface area contributed by atoms with Gasteiger partial charge in [-0.3, -0.25) is 0 Å². The van der Waals surface area contributed by atoms with Gasteiger partial charge in [-0.15, -0.1) is 11.3 Å². The maximum atomic E-state index is 5.24. The highest BCUT2D eigenvalue weighted by Crippen LogP contribution is 2.16. The van der Waals surface area contributed by atoms with Crippen LogP contribution in [-0.4, -0.2) is 31.4 Å². The summed E-state index contributed by atoms with van der Waals surface area (Å²) < 4.78 is 4.98. The minimum absolute atomic E-state index is 0.352. The van der Waals surface area contributed by atoms with Gasteiger partial charge in [-0.25, -0.2) is 0 Å². The summed E-state index contributed by atoms with van der Waals surface area (Å²) in [5, 5.41) is 7.21. The van der Waals surface area contributed by atoms with Gasteiger partial charge in [0.25, 0.3) is 0 Å². The van der Waals surface area contributed by atoms with E-state index in [-0.39, 0.29) is 0 Å². The third kappa shape index (κ3) is 6.33. The highest BCUT2D eigenvalue weighted by molar-refractivity contribution is 7.80. The molecule has 0 spiro atoms. The fourth-order valence-electron chi connectivity index (χ4n) is 1.64. The molecule has 0 saturated heterocycles. The zero-order chi connectivity index (χ0) is 13.4. The fraction of sp³-hybridized carbons (Fsp3) is 0.615. The van der Waals surface area contributed by atoms with Crippen LogP contribution in [0, 0.1) is 6.92 Å². The molecular formula is C13H22N2OS2. The lowest BCUT2D eigenvalue weighted by molar-refractivity contribution is 0.195. The molecule has 0 aromatic carbocycles. The second-order valence-corrected chi connectivity index (χ2v) is 6.14. The van der Waals surface area contributed by atoms with Crippen molar-refractivity contribution < 1.29 is 4.74 Å². The van der Waals surface area contributed by atoms with Gasteiger partial charge < -0.3 is 15.4 Å². The van der Waals surface area contributed by atoms with Crippen molar-refractivity contribution >= 4 is 28.7 Å². The summed E-state index contributed by atoms with van der Waals surface area (Å²) in [4.78, 5) is 2.76. The average molecular weight is 286 g/mol. The normalized spacial score (nSPS) is 12.2. The van der Waals surface area contributed by atoms with Gasteiger partial charge in [-0.1, -0.05) is 0 Å². The van der Waals surface area contributed by atoms with E-state index in [4.69, 9.17) is 17.0 Å². The zero-order valence-electron chi connectivity index (χ0n) is 11.3. The van der Waals surface area contributed by atoms with E-state index in [9.17, 15) is 0 Å². The molecule has 0 saturated carbocycles. The lowest BCUT2D eigenvalue weighted by atomic mass is 10.2. The highest BCUT2D eigenvalue weighted by atomic mass is 32.1. The van der Waals surface area contributed by atoms with E-state index >= 15 is 0 Å². The Balaban J connectivity index is 2.19. The third-order valence-corrected chi connectivity index (χ3v) is 3.78. The van der Waals surface area contributed by atoms with Crippen molar-refractivity contribution in [3.63, 3.8) is 0 Å². The molecule has 1 rings (SSSR count). The van der Waals surface area contributed by atoms with Crippen LogP contribution >= 0.6 is 23.6 Å². The predicted molar refractivity (Wildman–Crippen MR) is 82.5 cm³/mol. The van der Waals surface area contributed by atoms with Gasteiger partial charge in [0, 0.05) is 42.5 Å². The Bertz CT molecular complexity index is 366. The summed E-state index contributed by atoms with van der Waals surface area (Å²) in [5.74, 6) is 0. The summed E-state index contributed by atoms with van der Waals surface area (Å²) in [5.41, 5.74) is 0. The van der Waals surface area contributed by atoms with Gasteiger partial charge in [-0.05, 0) is 44.6 Å². The minimum Gasteiger partial charge on any atom is -0.385 e. The highest BCUT2D eigenvalue weighted by Gasteiger charge is 2.06. The molecule has 5 heteroatoms. The predicted octanol–water partition coefficient (Wildman–Crippen LogP) is 2.49. The first-order valence-electron chi connectivity index (χ1n) is 6.20. The fourth-order valence-corrected chi connectivity index (χ4v) is 2.96. The van der Waals surface area contributed by atoms with Crippen molar-refractivity contribution in [3.05, 3.63) is 21.9 Å². The maximum absolute atomic E-state index is 5.24. The SMILES string of the molecule is COCCCNC(=S)NC(C)Cc1ccc(C)s1. The van der Waals surface area contributed by atoms with E-state index < -0.39 is 0 Å². The molecule has 0 fully saturated rings. The number of nitrogens with one attached hydrogen (secondary N) is 2. The van der Waals surface area contributed by atoms with E-state index in [0.717, 1.165) is 31.1 Å². The standard InChI is InChI=1S/C13H22N2OS2/c1-10(9-12-6-5-11(2)18-12)15-13(17)14-7-4-8-16-3/h5-6,10H,4,7-9H2,1-3H3,(H2,14,15,17). The Morgan fingerprint density at radius 3 is 2.89 bits per heavy atom. The number of aryl methyl sites for hydroxylation is 1. The van der Waals surface area contributed by atoms with Crippen molar-refractivity contribution in [2.45, 2.75) is 32.7 Å². The monoisotopic (exact) mass is 286 g/mol. The van der Waals surface area contributed by atoms with Crippen molar-refractivity contribution in [3.8, 4) is 0 Å². The molecule has 2 N–H and O–H groups in total. The molecular weight excluding hydrogens is 264 g/mol. The first-order valence-corrected chi connectivity index (χ1v) is 7.43. The molecule has 0 aliphatic rings.